The van der Waals surface area contributed by atoms with Crippen molar-refractivity contribution in [3.63, 3.8) is 0 Å². The molecule has 0 aromatic heterocycles. The quantitative estimate of drug-likeness (QED) is 0.716. The molecule has 0 saturated heterocycles. The first-order valence-electron chi connectivity index (χ1n) is 7.42. The highest BCUT2D eigenvalue weighted by molar-refractivity contribution is 5.19. The van der Waals surface area contributed by atoms with Crippen molar-refractivity contribution in [2.24, 2.45) is 0 Å². The average molecular weight is 263 g/mol. The third kappa shape index (κ3) is 7.34. The maximum Gasteiger partial charge on any atom is 0.0598 e. The average Bonchev–Trinajstić information content (AvgIpc) is 2.37. The van der Waals surface area contributed by atoms with Gasteiger partial charge in [0.2, 0.25) is 0 Å². The zero-order valence-electron chi connectivity index (χ0n) is 12.9. The van der Waals surface area contributed by atoms with Gasteiger partial charge in [0.05, 0.1) is 5.60 Å². The van der Waals surface area contributed by atoms with E-state index < -0.39 is 0 Å². The summed E-state index contributed by atoms with van der Waals surface area (Å²) in [4.78, 5) is 0. The van der Waals surface area contributed by atoms with Crippen LogP contribution in [0.15, 0.2) is 30.3 Å². The second-order valence-corrected chi connectivity index (χ2v) is 6.06. The van der Waals surface area contributed by atoms with Gasteiger partial charge in [-0.05, 0) is 51.6 Å². The van der Waals surface area contributed by atoms with Crippen LogP contribution in [-0.4, -0.2) is 25.3 Å². The van der Waals surface area contributed by atoms with E-state index in [9.17, 15) is 0 Å². The Hall–Kier alpha value is -0.860. The van der Waals surface area contributed by atoms with Gasteiger partial charge in [0, 0.05) is 13.2 Å². The van der Waals surface area contributed by atoms with Gasteiger partial charge in [-0.25, -0.2) is 0 Å². The Labute approximate surface area is 118 Å². The highest BCUT2D eigenvalue weighted by Gasteiger charge is 2.14. The third-order valence-electron chi connectivity index (χ3n) is 3.09. The summed E-state index contributed by atoms with van der Waals surface area (Å²) in [5.74, 6) is 0.537. The molecule has 2 heteroatoms. The Bertz CT molecular complexity index is 329. The maximum absolute atomic E-state index is 5.86. The van der Waals surface area contributed by atoms with Crippen LogP contribution in [0.2, 0.25) is 0 Å². The second kappa shape index (κ2) is 8.34. The molecular weight excluding hydrogens is 234 g/mol. The van der Waals surface area contributed by atoms with Crippen LogP contribution in [0.25, 0.3) is 0 Å². The van der Waals surface area contributed by atoms with Gasteiger partial charge in [0.1, 0.15) is 0 Å². The number of ether oxygens (including phenoxy) is 1. The zero-order chi connectivity index (χ0) is 14.1. The standard InChI is InChI=1S/C17H29NO/c1-5-12-18-14-16(11-13-19-17(2,3)4)15-9-7-6-8-10-15/h6-10,16,18H,5,11-14H2,1-4H3. The highest BCUT2D eigenvalue weighted by atomic mass is 16.5. The van der Waals surface area contributed by atoms with Crippen molar-refractivity contribution in [3.05, 3.63) is 35.9 Å². The van der Waals surface area contributed by atoms with E-state index in [0.717, 1.165) is 26.1 Å². The number of hydrogen-bond acceptors (Lipinski definition) is 2. The molecule has 19 heavy (non-hydrogen) atoms. The van der Waals surface area contributed by atoms with Gasteiger partial charge >= 0.3 is 0 Å². The summed E-state index contributed by atoms with van der Waals surface area (Å²) < 4.78 is 5.86. The Balaban J connectivity index is 2.50. The van der Waals surface area contributed by atoms with E-state index in [0.29, 0.717) is 5.92 Å². The first-order chi connectivity index (χ1) is 9.03. The minimum absolute atomic E-state index is 0.0436. The van der Waals surface area contributed by atoms with E-state index in [-0.39, 0.29) is 5.60 Å². The lowest BCUT2D eigenvalue weighted by Gasteiger charge is -2.23. The first-order valence-corrected chi connectivity index (χ1v) is 7.42. The molecule has 1 aromatic carbocycles. The van der Waals surface area contributed by atoms with Crippen molar-refractivity contribution in [2.45, 2.75) is 52.1 Å². The molecule has 1 aromatic rings. The van der Waals surface area contributed by atoms with Crippen LogP contribution in [0.3, 0.4) is 0 Å². The number of nitrogens with one attached hydrogen (secondary N) is 1. The molecule has 0 heterocycles. The van der Waals surface area contributed by atoms with Gasteiger partial charge in [0.25, 0.3) is 0 Å². The van der Waals surface area contributed by atoms with E-state index in [1.165, 1.54) is 12.0 Å². The van der Waals surface area contributed by atoms with Crippen LogP contribution >= 0.6 is 0 Å². The van der Waals surface area contributed by atoms with Crippen molar-refractivity contribution < 1.29 is 4.74 Å². The van der Waals surface area contributed by atoms with Crippen LogP contribution in [0.1, 0.15) is 52.0 Å². The maximum atomic E-state index is 5.86. The van der Waals surface area contributed by atoms with Crippen molar-refractivity contribution in [3.8, 4) is 0 Å². The van der Waals surface area contributed by atoms with E-state index in [2.05, 4.69) is 63.3 Å². The van der Waals surface area contributed by atoms with Crippen LogP contribution in [-0.2, 0) is 4.74 Å². The predicted octanol–water partition coefficient (Wildman–Crippen LogP) is 3.98. The van der Waals surface area contributed by atoms with Crippen molar-refractivity contribution in [1.82, 2.24) is 5.32 Å². The van der Waals surface area contributed by atoms with Crippen molar-refractivity contribution >= 4 is 0 Å². The van der Waals surface area contributed by atoms with Gasteiger partial charge in [-0.15, -0.1) is 0 Å². The molecule has 0 spiro atoms. The summed E-state index contributed by atoms with van der Waals surface area (Å²) >= 11 is 0. The Morgan fingerprint density at radius 2 is 1.84 bits per heavy atom. The van der Waals surface area contributed by atoms with E-state index in [1.807, 2.05) is 0 Å². The lowest BCUT2D eigenvalue weighted by molar-refractivity contribution is -0.00622. The summed E-state index contributed by atoms with van der Waals surface area (Å²) in [6.45, 7) is 11.5. The molecule has 0 saturated carbocycles. The first kappa shape index (κ1) is 16.2. The van der Waals surface area contributed by atoms with Gasteiger partial charge in [-0.3, -0.25) is 0 Å². The molecule has 1 N–H and O–H groups in total. The fraction of sp³-hybridized carbons (Fsp3) is 0.647. The third-order valence-corrected chi connectivity index (χ3v) is 3.09. The molecule has 2 nitrogen and oxygen atoms in total. The number of hydrogen-bond donors (Lipinski definition) is 1. The van der Waals surface area contributed by atoms with Gasteiger partial charge in [-0.2, -0.15) is 0 Å². The SMILES string of the molecule is CCCNCC(CCOC(C)(C)C)c1ccccc1. The molecular formula is C17H29NO. The predicted molar refractivity (Wildman–Crippen MR) is 82.7 cm³/mol. The molecule has 0 aliphatic heterocycles. The molecule has 0 aliphatic carbocycles. The normalized spacial score (nSPS) is 13.5. The molecule has 108 valence electrons. The molecule has 0 radical (unpaired) electrons. The van der Waals surface area contributed by atoms with Crippen LogP contribution in [0, 0.1) is 0 Å². The molecule has 1 unspecified atom stereocenters. The Morgan fingerprint density at radius 3 is 2.42 bits per heavy atom. The molecule has 0 fully saturated rings. The van der Waals surface area contributed by atoms with Crippen LogP contribution in [0.4, 0.5) is 0 Å². The highest BCUT2D eigenvalue weighted by Crippen LogP contribution is 2.20. The lowest BCUT2D eigenvalue weighted by Crippen LogP contribution is -2.25. The summed E-state index contributed by atoms with van der Waals surface area (Å²) in [6, 6.07) is 10.7. The Morgan fingerprint density at radius 1 is 1.16 bits per heavy atom. The van der Waals surface area contributed by atoms with E-state index in [1.54, 1.807) is 0 Å². The van der Waals surface area contributed by atoms with E-state index in [4.69, 9.17) is 4.74 Å². The van der Waals surface area contributed by atoms with Gasteiger partial charge < -0.3 is 10.1 Å². The number of rotatable bonds is 8. The molecule has 1 rings (SSSR count). The fourth-order valence-electron chi connectivity index (χ4n) is 2.07. The molecule has 1 atom stereocenters. The molecule has 0 amide bonds. The lowest BCUT2D eigenvalue weighted by atomic mass is 9.96. The second-order valence-electron chi connectivity index (χ2n) is 6.06. The Kier molecular flexibility index (Phi) is 7.11. The topological polar surface area (TPSA) is 21.3 Å². The van der Waals surface area contributed by atoms with Gasteiger partial charge in [0.15, 0.2) is 0 Å². The smallest absolute Gasteiger partial charge is 0.0598 e. The summed E-state index contributed by atoms with van der Waals surface area (Å²) in [5, 5.41) is 3.53. The minimum atomic E-state index is -0.0436. The van der Waals surface area contributed by atoms with E-state index >= 15 is 0 Å². The largest absolute Gasteiger partial charge is 0.376 e. The molecule has 0 aliphatic rings. The van der Waals surface area contributed by atoms with Crippen molar-refractivity contribution in [2.75, 3.05) is 19.7 Å². The van der Waals surface area contributed by atoms with Crippen molar-refractivity contribution in [1.29, 1.82) is 0 Å². The summed E-state index contributed by atoms with van der Waals surface area (Å²) in [7, 11) is 0. The van der Waals surface area contributed by atoms with Crippen LogP contribution < -0.4 is 5.32 Å². The summed E-state index contributed by atoms with van der Waals surface area (Å²) in [5.41, 5.74) is 1.36. The van der Waals surface area contributed by atoms with Gasteiger partial charge in [-0.1, -0.05) is 37.3 Å². The minimum Gasteiger partial charge on any atom is -0.376 e. The van der Waals surface area contributed by atoms with Crippen LogP contribution in [0.5, 0.6) is 0 Å². The monoisotopic (exact) mass is 263 g/mol. The molecule has 0 bridgehead atoms. The zero-order valence-corrected chi connectivity index (χ0v) is 12.9. The fourth-order valence-corrected chi connectivity index (χ4v) is 2.07. The number of benzene rings is 1. The summed E-state index contributed by atoms with van der Waals surface area (Å²) in [6.07, 6.45) is 2.25.